The first-order valence-corrected chi connectivity index (χ1v) is 7.83. The van der Waals surface area contributed by atoms with E-state index in [0.29, 0.717) is 30.5 Å². The molecule has 2 rings (SSSR count). The molecular weight excluding hydrogens is 306 g/mol. The Balaban J connectivity index is 1.96. The average Bonchev–Trinajstić information content (AvgIpc) is 2.97. The number of rotatable bonds is 7. The summed E-state index contributed by atoms with van der Waals surface area (Å²) in [6.07, 6.45) is 2.88. The minimum atomic E-state index is 0.399. The molecule has 0 saturated carbocycles. The second kappa shape index (κ2) is 8.24. The zero-order valence-corrected chi connectivity index (χ0v) is 14.7. The fourth-order valence-electron chi connectivity index (χ4n) is 2.43. The van der Waals surface area contributed by atoms with Crippen molar-refractivity contribution in [2.24, 2.45) is 17.8 Å². The summed E-state index contributed by atoms with van der Waals surface area (Å²) in [6, 6.07) is 5.69. The van der Waals surface area contributed by atoms with Crippen LogP contribution in [-0.2, 0) is 26.6 Å². The number of nitrogens with one attached hydrogen (secondary N) is 1. The van der Waals surface area contributed by atoms with Crippen LogP contribution in [0.4, 0.5) is 0 Å². The lowest BCUT2D eigenvalue weighted by molar-refractivity contribution is 0.354. The van der Waals surface area contributed by atoms with Crippen LogP contribution in [0.25, 0.3) is 0 Å². The van der Waals surface area contributed by atoms with Gasteiger partial charge in [-0.25, -0.2) is 4.99 Å². The van der Waals surface area contributed by atoms with Gasteiger partial charge in [0.2, 0.25) is 0 Å². The Morgan fingerprint density at radius 1 is 1.29 bits per heavy atom. The number of nitrogens with two attached hydrogens (primary N) is 1. The van der Waals surface area contributed by atoms with Gasteiger partial charge in [0.05, 0.1) is 26.5 Å². The number of nitrogens with zero attached hydrogens (tertiary/aromatic N) is 3. The molecule has 1 aromatic carbocycles. The van der Waals surface area contributed by atoms with Gasteiger partial charge in [-0.3, -0.25) is 4.68 Å². The van der Waals surface area contributed by atoms with Crippen molar-refractivity contribution in [1.82, 2.24) is 15.1 Å². The standard InChI is InChI=1S/C17H25N5O2/c1-5-14-13(11-22(2)21-14)10-20-17(18)19-9-12-6-7-15(23-3)16(8-12)24-4/h6-8,11H,5,9-10H2,1-4H3,(H3,18,19,20). The lowest BCUT2D eigenvalue weighted by Gasteiger charge is -2.09. The molecular formula is C17H25N5O2. The van der Waals surface area contributed by atoms with Crippen molar-refractivity contribution >= 4 is 5.96 Å². The molecule has 0 aliphatic heterocycles. The van der Waals surface area contributed by atoms with Crippen molar-refractivity contribution in [2.45, 2.75) is 26.4 Å². The van der Waals surface area contributed by atoms with Gasteiger partial charge >= 0.3 is 0 Å². The summed E-state index contributed by atoms with van der Waals surface area (Å²) in [7, 11) is 5.14. The highest BCUT2D eigenvalue weighted by Crippen LogP contribution is 2.27. The average molecular weight is 331 g/mol. The van der Waals surface area contributed by atoms with Gasteiger partial charge in [0.25, 0.3) is 0 Å². The Morgan fingerprint density at radius 3 is 2.71 bits per heavy atom. The maximum absolute atomic E-state index is 5.95. The Labute approximate surface area is 142 Å². The van der Waals surface area contributed by atoms with E-state index >= 15 is 0 Å². The minimum Gasteiger partial charge on any atom is -0.493 e. The van der Waals surface area contributed by atoms with E-state index in [1.54, 1.807) is 14.2 Å². The number of methoxy groups -OCH3 is 2. The number of aliphatic imine (C=N–C) groups is 1. The second-order valence-corrected chi connectivity index (χ2v) is 5.37. The summed E-state index contributed by atoms with van der Waals surface area (Å²) >= 11 is 0. The summed E-state index contributed by atoms with van der Waals surface area (Å²) in [6.45, 7) is 3.16. The molecule has 1 heterocycles. The van der Waals surface area contributed by atoms with Gasteiger partial charge in [0, 0.05) is 25.4 Å². The van der Waals surface area contributed by atoms with Crippen molar-refractivity contribution in [3.63, 3.8) is 0 Å². The Bertz CT molecular complexity index is 709. The molecule has 7 nitrogen and oxygen atoms in total. The molecule has 0 aliphatic carbocycles. The molecule has 24 heavy (non-hydrogen) atoms. The quantitative estimate of drug-likeness (QED) is 0.594. The van der Waals surface area contributed by atoms with E-state index in [1.807, 2.05) is 36.1 Å². The molecule has 0 spiro atoms. The zero-order valence-electron chi connectivity index (χ0n) is 14.7. The SMILES string of the molecule is CCc1nn(C)cc1CNC(N)=NCc1ccc(OC)c(OC)c1. The van der Waals surface area contributed by atoms with Gasteiger partial charge in [-0.05, 0) is 24.1 Å². The number of ether oxygens (including phenoxy) is 2. The van der Waals surface area contributed by atoms with Crippen molar-refractivity contribution < 1.29 is 9.47 Å². The van der Waals surface area contributed by atoms with Gasteiger partial charge in [-0.15, -0.1) is 0 Å². The topological polar surface area (TPSA) is 86.7 Å². The number of hydrogen-bond acceptors (Lipinski definition) is 4. The molecule has 2 aromatic rings. The van der Waals surface area contributed by atoms with Gasteiger partial charge in [0.1, 0.15) is 0 Å². The summed E-state index contributed by atoms with van der Waals surface area (Å²) in [5, 5.41) is 7.53. The van der Waals surface area contributed by atoms with E-state index in [-0.39, 0.29) is 0 Å². The van der Waals surface area contributed by atoms with Crippen molar-refractivity contribution in [1.29, 1.82) is 0 Å². The van der Waals surface area contributed by atoms with Crippen LogP contribution in [-0.4, -0.2) is 30.0 Å². The number of guanidine groups is 1. The summed E-state index contributed by atoms with van der Waals surface area (Å²) in [5.74, 6) is 1.77. The Kier molecular flexibility index (Phi) is 6.06. The lowest BCUT2D eigenvalue weighted by Crippen LogP contribution is -2.31. The van der Waals surface area contributed by atoms with Gasteiger partial charge in [-0.1, -0.05) is 13.0 Å². The lowest BCUT2D eigenvalue weighted by atomic mass is 10.2. The first kappa shape index (κ1) is 17.7. The van der Waals surface area contributed by atoms with Crippen molar-refractivity contribution in [3.05, 3.63) is 41.2 Å². The van der Waals surface area contributed by atoms with Crippen LogP contribution in [0.3, 0.4) is 0 Å². The van der Waals surface area contributed by atoms with E-state index in [4.69, 9.17) is 15.2 Å². The highest BCUT2D eigenvalue weighted by molar-refractivity contribution is 5.77. The molecule has 0 unspecified atom stereocenters. The molecule has 0 bridgehead atoms. The first-order chi connectivity index (χ1) is 11.6. The molecule has 0 amide bonds. The normalized spacial score (nSPS) is 11.4. The Morgan fingerprint density at radius 2 is 2.04 bits per heavy atom. The highest BCUT2D eigenvalue weighted by atomic mass is 16.5. The second-order valence-electron chi connectivity index (χ2n) is 5.37. The maximum Gasteiger partial charge on any atom is 0.189 e. The molecule has 7 heteroatoms. The molecule has 0 aliphatic rings. The fourth-order valence-corrected chi connectivity index (χ4v) is 2.43. The molecule has 0 atom stereocenters. The predicted octanol–water partition coefficient (Wildman–Crippen LogP) is 1.60. The van der Waals surface area contributed by atoms with Crippen LogP contribution in [0.5, 0.6) is 11.5 Å². The van der Waals surface area contributed by atoms with Gasteiger partial charge in [0.15, 0.2) is 17.5 Å². The number of aromatic nitrogens is 2. The molecule has 0 fully saturated rings. The fraction of sp³-hybridized carbons (Fsp3) is 0.412. The summed E-state index contributed by atoms with van der Waals surface area (Å²) in [4.78, 5) is 4.36. The summed E-state index contributed by atoms with van der Waals surface area (Å²) < 4.78 is 12.3. The third-order valence-corrected chi connectivity index (χ3v) is 3.67. The Hall–Kier alpha value is -2.70. The number of hydrogen-bond donors (Lipinski definition) is 2. The van der Waals surface area contributed by atoms with Crippen molar-refractivity contribution in [2.75, 3.05) is 14.2 Å². The van der Waals surface area contributed by atoms with E-state index in [2.05, 4.69) is 22.3 Å². The summed E-state index contributed by atoms with van der Waals surface area (Å²) in [5.41, 5.74) is 9.14. The van der Waals surface area contributed by atoms with Gasteiger partial charge < -0.3 is 20.5 Å². The monoisotopic (exact) mass is 331 g/mol. The largest absolute Gasteiger partial charge is 0.493 e. The smallest absolute Gasteiger partial charge is 0.189 e. The van der Waals surface area contributed by atoms with Crippen molar-refractivity contribution in [3.8, 4) is 11.5 Å². The third-order valence-electron chi connectivity index (χ3n) is 3.67. The molecule has 0 radical (unpaired) electrons. The molecule has 130 valence electrons. The van der Waals surface area contributed by atoms with E-state index < -0.39 is 0 Å². The van der Waals surface area contributed by atoms with E-state index in [1.165, 1.54) is 0 Å². The van der Waals surface area contributed by atoms with Crippen LogP contribution in [0.2, 0.25) is 0 Å². The third kappa shape index (κ3) is 4.41. The van der Waals surface area contributed by atoms with Crippen LogP contribution in [0.1, 0.15) is 23.7 Å². The zero-order chi connectivity index (χ0) is 17.5. The molecule has 3 N–H and O–H groups in total. The maximum atomic E-state index is 5.95. The minimum absolute atomic E-state index is 0.399. The van der Waals surface area contributed by atoms with Crippen LogP contribution in [0, 0.1) is 0 Å². The number of aryl methyl sites for hydroxylation is 2. The predicted molar refractivity (Wildman–Crippen MR) is 94.3 cm³/mol. The molecule has 0 saturated heterocycles. The van der Waals surface area contributed by atoms with Crippen LogP contribution >= 0.6 is 0 Å². The van der Waals surface area contributed by atoms with E-state index in [0.717, 1.165) is 23.2 Å². The van der Waals surface area contributed by atoms with Gasteiger partial charge in [-0.2, -0.15) is 5.10 Å². The number of benzene rings is 1. The molecule has 1 aromatic heterocycles. The van der Waals surface area contributed by atoms with Crippen LogP contribution < -0.4 is 20.5 Å². The highest BCUT2D eigenvalue weighted by Gasteiger charge is 2.06. The first-order valence-electron chi connectivity index (χ1n) is 7.83. The van der Waals surface area contributed by atoms with Crippen LogP contribution in [0.15, 0.2) is 29.4 Å². The van der Waals surface area contributed by atoms with E-state index in [9.17, 15) is 0 Å².